The number of esters is 1. The molecule has 0 bridgehead atoms. The van der Waals surface area contributed by atoms with Crippen molar-refractivity contribution < 1.29 is 27.8 Å². The van der Waals surface area contributed by atoms with Gasteiger partial charge in [-0.15, -0.1) is 0 Å². The van der Waals surface area contributed by atoms with Crippen LogP contribution in [0.25, 0.3) is 11.3 Å². The number of hydrogen-bond donors (Lipinski definition) is 1. The maximum atomic E-state index is 14.3. The number of benzene rings is 1. The van der Waals surface area contributed by atoms with Gasteiger partial charge in [0, 0.05) is 0 Å². The minimum Gasteiger partial charge on any atom is -0.464 e. The zero-order valence-corrected chi connectivity index (χ0v) is 12.1. The van der Waals surface area contributed by atoms with E-state index >= 15 is 0 Å². The van der Waals surface area contributed by atoms with E-state index in [-0.39, 0.29) is 11.3 Å². The van der Waals surface area contributed by atoms with E-state index in [2.05, 4.69) is 9.72 Å². The largest absolute Gasteiger partial charge is 0.464 e. The number of pyridine rings is 1. The summed E-state index contributed by atoms with van der Waals surface area (Å²) < 4.78 is 46.9. The molecule has 0 aliphatic heterocycles. The third kappa shape index (κ3) is 2.68. The van der Waals surface area contributed by atoms with Crippen LogP contribution in [0.1, 0.15) is 28.9 Å². The summed E-state index contributed by atoms with van der Waals surface area (Å²) in [5.74, 6) is -3.95. The van der Waals surface area contributed by atoms with Crippen molar-refractivity contribution >= 4 is 5.97 Å². The van der Waals surface area contributed by atoms with Crippen molar-refractivity contribution in [2.45, 2.75) is 18.4 Å². The minimum absolute atomic E-state index is 0.0979. The molecule has 0 amide bonds. The quantitative estimate of drug-likeness (QED) is 0.882. The molecular weight excluding hydrogens is 311 g/mol. The average molecular weight is 323 g/mol. The summed E-state index contributed by atoms with van der Waals surface area (Å²) in [6.07, 6.45) is 0.825. The van der Waals surface area contributed by atoms with Crippen LogP contribution in [-0.2, 0) is 10.3 Å². The monoisotopic (exact) mass is 323 g/mol. The predicted octanol–water partition coefficient (Wildman–Crippen LogP) is 2.93. The Kier molecular flexibility index (Phi) is 3.60. The molecule has 3 rings (SSSR count). The zero-order valence-electron chi connectivity index (χ0n) is 12.1. The maximum absolute atomic E-state index is 14.3. The van der Waals surface area contributed by atoms with E-state index in [1.807, 2.05) is 0 Å². The number of hydrogen-bond acceptors (Lipinski definition) is 4. The Balaban J connectivity index is 2.13. The van der Waals surface area contributed by atoms with E-state index in [0.29, 0.717) is 12.8 Å². The number of methoxy groups -OCH3 is 1. The summed E-state index contributed by atoms with van der Waals surface area (Å²) in [6.45, 7) is 0. The van der Waals surface area contributed by atoms with Gasteiger partial charge in [-0.2, -0.15) is 0 Å². The Labute approximate surface area is 129 Å². The Morgan fingerprint density at radius 2 is 1.78 bits per heavy atom. The number of halogens is 3. The summed E-state index contributed by atoms with van der Waals surface area (Å²) in [5.41, 5.74) is -2.72. The van der Waals surface area contributed by atoms with Gasteiger partial charge in [0.1, 0.15) is 28.8 Å². The van der Waals surface area contributed by atoms with Crippen LogP contribution in [0, 0.1) is 17.5 Å². The third-order valence-electron chi connectivity index (χ3n) is 3.78. The van der Waals surface area contributed by atoms with Gasteiger partial charge in [-0.3, -0.25) is 0 Å². The lowest BCUT2D eigenvalue weighted by atomic mass is 10.0. The first-order valence-electron chi connectivity index (χ1n) is 6.83. The number of ether oxygens (including phenoxy) is 1. The van der Waals surface area contributed by atoms with Gasteiger partial charge in [0.25, 0.3) is 0 Å². The van der Waals surface area contributed by atoms with Crippen molar-refractivity contribution in [3.63, 3.8) is 0 Å². The molecule has 0 atom stereocenters. The van der Waals surface area contributed by atoms with Gasteiger partial charge < -0.3 is 9.84 Å². The van der Waals surface area contributed by atoms with Crippen LogP contribution in [0.15, 0.2) is 24.3 Å². The van der Waals surface area contributed by atoms with E-state index in [9.17, 15) is 23.1 Å². The average Bonchev–Trinajstić information content (AvgIpc) is 3.26. The van der Waals surface area contributed by atoms with Crippen molar-refractivity contribution in [2.24, 2.45) is 0 Å². The molecule has 0 spiro atoms. The first kappa shape index (κ1) is 15.5. The molecule has 7 heteroatoms. The highest BCUT2D eigenvalue weighted by Gasteiger charge is 2.43. The number of nitrogens with zero attached hydrogens (tertiary/aromatic N) is 1. The molecule has 1 aromatic carbocycles. The van der Waals surface area contributed by atoms with Crippen LogP contribution in [0.3, 0.4) is 0 Å². The van der Waals surface area contributed by atoms with Gasteiger partial charge >= 0.3 is 5.97 Å². The molecule has 23 heavy (non-hydrogen) atoms. The van der Waals surface area contributed by atoms with Crippen molar-refractivity contribution in [1.82, 2.24) is 4.98 Å². The second-order valence-corrected chi connectivity index (χ2v) is 5.36. The van der Waals surface area contributed by atoms with E-state index in [1.54, 1.807) is 0 Å². The molecule has 0 unspecified atom stereocenters. The van der Waals surface area contributed by atoms with Gasteiger partial charge in [-0.25, -0.2) is 22.9 Å². The molecule has 0 radical (unpaired) electrons. The van der Waals surface area contributed by atoms with E-state index < -0.39 is 40.3 Å². The van der Waals surface area contributed by atoms with Crippen LogP contribution in [0.5, 0.6) is 0 Å². The minimum atomic E-state index is -1.22. The molecule has 1 heterocycles. The lowest BCUT2D eigenvalue weighted by molar-refractivity contribution is 0.0594. The number of carbonyl (C=O) groups is 1. The normalized spacial score (nSPS) is 15.3. The smallest absolute Gasteiger partial charge is 0.356 e. The van der Waals surface area contributed by atoms with E-state index in [4.69, 9.17) is 0 Å². The Bertz CT molecular complexity index is 780. The molecule has 1 aromatic heterocycles. The van der Waals surface area contributed by atoms with Crippen molar-refractivity contribution in [1.29, 1.82) is 0 Å². The fourth-order valence-corrected chi connectivity index (χ4v) is 2.31. The Morgan fingerprint density at radius 3 is 2.30 bits per heavy atom. The highest BCUT2D eigenvalue weighted by atomic mass is 19.1. The van der Waals surface area contributed by atoms with E-state index in [0.717, 1.165) is 31.4 Å². The van der Waals surface area contributed by atoms with Crippen molar-refractivity contribution in [2.75, 3.05) is 7.11 Å². The molecule has 1 fully saturated rings. The summed E-state index contributed by atoms with van der Waals surface area (Å²) in [4.78, 5) is 15.1. The number of aliphatic hydroxyl groups is 1. The third-order valence-corrected chi connectivity index (χ3v) is 3.78. The summed E-state index contributed by atoms with van der Waals surface area (Å²) in [5, 5.41) is 9.93. The lowest BCUT2D eigenvalue weighted by Crippen LogP contribution is -2.09. The SMILES string of the molecule is COC(=O)c1ccc(F)c(-c2c(F)cc(C3(O)CC3)cc2F)n1. The van der Waals surface area contributed by atoms with Gasteiger partial charge in [-0.1, -0.05) is 0 Å². The molecule has 120 valence electrons. The molecule has 1 saturated carbocycles. The fourth-order valence-electron chi connectivity index (χ4n) is 2.31. The number of rotatable bonds is 3. The lowest BCUT2D eigenvalue weighted by Gasteiger charge is -2.12. The first-order valence-corrected chi connectivity index (χ1v) is 6.83. The Morgan fingerprint density at radius 1 is 1.17 bits per heavy atom. The van der Waals surface area contributed by atoms with Crippen LogP contribution in [-0.4, -0.2) is 23.2 Å². The molecular formula is C16H12F3NO3. The zero-order chi connectivity index (χ0) is 16.8. The molecule has 2 aromatic rings. The van der Waals surface area contributed by atoms with Crippen LogP contribution >= 0.6 is 0 Å². The molecule has 1 N–H and O–H groups in total. The summed E-state index contributed by atoms with van der Waals surface area (Å²) in [6, 6.07) is 3.85. The van der Waals surface area contributed by atoms with Gasteiger partial charge in [0.05, 0.1) is 18.3 Å². The van der Waals surface area contributed by atoms with Crippen molar-refractivity contribution in [3.05, 3.63) is 53.0 Å². The first-order chi connectivity index (χ1) is 10.9. The molecule has 4 nitrogen and oxygen atoms in total. The van der Waals surface area contributed by atoms with Gasteiger partial charge in [0.15, 0.2) is 0 Å². The van der Waals surface area contributed by atoms with Crippen LogP contribution in [0.2, 0.25) is 0 Å². The topological polar surface area (TPSA) is 59.4 Å². The van der Waals surface area contributed by atoms with Crippen LogP contribution < -0.4 is 0 Å². The van der Waals surface area contributed by atoms with E-state index in [1.165, 1.54) is 0 Å². The second-order valence-electron chi connectivity index (χ2n) is 5.36. The number of carbonyl (C=O) groups excluding carboxylic acids is 1. The fraction of sp³-hybridized carbons (Fsp3) is 0.250. The standard InChI is InChI=1S/C16H12F3NO3/c1-23-15(21)12-3-2-9(17)14(20-12)13-10(18)6-8(7-11(13)19)16(22)4-5-16/h2-3,6-7,22H,4-5H2,1H3. The highest BCUT2D eigenvalue weighted by Crippen LogP contribution is 2.46. The number of aromatic nitrogens is 1. The maximum Gasteiger partial charge on any atom is 0.356 e. The highest BCUT2D eigenvalue weighted by molar-refractivity contribution is 5.87. The second kappa shape index (κ2) is 5.34. The predicted molar refractivity (Wildman–Crippen MR) is 74.0 cm³/mol. The van der Waals surface area contributed by atoms with Gasteiger partial charge in [-0.05, 0) is 42.7 Å². The molecule has 0 saturated heterocycles. The molecule has 1 aliphatic rings. The summed E-state index contributed by atoms with van der Waals surface area (Å²) in [7, 11) is 1.11. The van der Waals surface area contributed by atoms with Gasteiger partial charge in [0.2, 0.25) is 0 Å². The Hall–Kier alpha value is -2.41. The van der Waals surface area contributed by atoms with Crippen molar-refractivity contribution in [3.8, 4) is 11.3 Å². The van der Waals surface area contributed by atoms with Crippen LogP contribution in [0.4, 0.5) is 13.2 Å². The summed E-state index contributed by atoms with van der Waals surface area (Å²) >= 11 is 0. The molecule has 1 aliphatic carbocycles.